The summed E-state index contributed by atoms with van der Waals surface area (Å²) in [5.74, 6) is -0.370. The van der Waals surface area contributed by atoms with Crippen LogP contribution in [0.25, 0.3) is 0 Å². The van der Waals surface area contributed by atoms with Gasteiger partial charge < -0.3 is 10.6 Å². The Bertz CT molecular complexity index is 528. The van der Waals surface area contributed by atoms with Crippen molar-refractivity contribution in [3.8, 4) is 6.07 Å². The molecule has 2 fully saturated rings. The van der Waals surface area contributed by atoms with Gasteiger partial charge in [0.25, 0.3) is 0 Å². The van der Waals surface area contributed by atoms with E-state index >= 15 is 0 Å². The zero-order valence-corrected chi connectivity index (χ0v) is 12.0. The van der Waals surface area contributed by atoms with E-state index < -0.39 is 0 Å². The molecule has 3 nitrogen and oxygen atoms in total. The van der Waals surface area contributed by atoms with Gasteiger partial charge in [-0.15, -0.1) is 0 Å². The molecule has 1 aromatic rings. The van der Waals surface area contributed by atoms with E-state index in [1.165, 1.54) is 12.8 Å². The SMILES string of the molecule is N#Cc1ccc(NC2CC3CCC(C2)N3)c(F)c1Br. The van der Waals surface area contributed by atoms with Crippen LogP contribution < -0.4 is 10.6 Å². The zero-order chi connectivity index (χ0) is 13.4. The van der Waals surface area contributed by atoms with E-state index in [9.17, 15) is 4.39 Å². The van der Waals surface area contributed by atoms with E-state index in [4.69, 9.17) is 5.26 Å². The van der Waals surface area contributed by atoms with E-state index in [0.717, 1.165) is 12.8 Å². The van der Waals surface area contributed by atoms with Gasteiger partial charge >= 0.3 is 0 Å². The summed E-state index contributed by atoms with van der Waals surface area (Å²) in [7, 11) is 0. The van der Waals surface area contributed by atoms with Crippen LogP contribution in [0.1, 0.15) is 31.2 Å². The van der Waals surface area contributed by atoms with Crippen molar-refractivity contribution in [1.29, 1.82) is 5.26 Å². The highest BCUT2D eigenvalue weighted by Gasteiger charge is 2.33. The molecular weight excluding hydrogens is 309 g/mol. The van der Waals surface area contributed by atoms with Gasteiger partial charge in [0.05, 0.1) is 15.7 Å². The molecule has 0 spiro atoms. The number of nitrogens with zero attached hydrogens (tertiary/aromatic N) is 1. The summed E-state index contributed by atoms with van der Waals surface area (Å²) in [4.78, 5) is 0. The van der Waals surface area contributed by atoms with Gasteiger partial charge in [0.2, 0.25) is 0 Å². The molecule has 2 saturated heterocycles. The fourth-order valence-electron chi connectivity index (χ4n) is 3.14. The van der Waals surface area contributed by atoms with Gasteiger partial charge in [-0.2, -0.15) is 5.26 Å². The Morgan fingerprint density at radius 2 is 2.00 bits per heavy atom. The molecule has 2 bridgehead atoms. The molecule has 0 aliphatic carbocycles. The fraction of sp³-hybridized carbons (Fsp3) is 0.500. The van der Waals surface area contributed by atoms with Crippen molar-refractivity contribution >= 4 is 21.6 Å². The number of anilines is 1. The lowest BCUT2D eigenvalue weighted by Crippen LogP contribution is -2.43. The number of halogens is 2. The van der Waals surface area contributed by atoms with Crippen LogP contribution in [-0.2, 0) is 0 Å². The molecule has 2 aliphatic rings. The van der Waals surface area contributed by atoms with Crippen LogP contribution in [0, 0.1) is 17.1 Å². The molecule has 0 amide bonds. The van der Waals surface area contributed by atoms with Gasteiger partial charge in [-0.1, -0.05) is 0 Å². The number of nitrogens with one attached hydrogen (secondary N) is 2. The Hall–Kier alpha value is -1.12. The largest absolute Gasteiger partial charge is 0.380 e. The smallest absolute Gasteiger partial charge is 0.161 e. The summed E-state index contributed by atoms with van der Waals surface area (Å²) in [6.45, 7) is 0. The number of hydrogen-bond donors (Lipinski definition) is 2. The lowest BCUT2D eigenvalue weighted by molar-refractivity contribution is 0.377. The summed E-state index contributed by atoms with van der Waals surface area (Å²) in [5, 5.41) is 15.7. The Balaban J connectivity index is 1.77. The van der Waals surface area contributed by atoms with Crippen LogP contribution in [0.4, 0.5) is 10.1 Å². The molecule has 0 aromatic heterocycles. The lowest BCUT2D eigenvalue weighted by Gasteiger charge is -2.30. The predicted molar refractivity (Wildman–Crippen MR) is 75.4 cm³/mol. The summed E-state index contributed by atoms with van der Waals surface area (Å²) in [6.07, 6.45) is 4.52. The molecule has 19 heavy (non-hydrogen) atoms. The maximum atomic E-state index is 14.1. The van der Waals surface area contributed by atoms with E-state index in [2.05, 4.69) is 26.6 Å². The number of piperidine rings is 1. The van der Waals surface area contributed by atoms with Crippen LogP contribution in [-0.4, -0.2) is 18.1 Å². The van der Waals surface area contributed by atoms with Crippen molar-refractivity contribution in [3.63, 3.8) is 0 Å². The monoisotopic (exact) mass is 323 g/mol. The molecule has 2 heterocycles. The van der Waals surface area contributed by atoms with Crippen LogP contribution in [0.15, 0.2) is 16.6 Å². The molecule has 100 valence electrons. The molecule has 5 heteroatoms. The maximum Gasteiger partial charge on any atom is 0.161 e. The first-order chi connectivity index (χ1) is 9.17. The molecule has 2 N–H and O–H groups in total. The molecule has 1 aromatic carbocycles. The average molecular weight is 324 g/mol. The third-order valence-corrected chi connectivity index (χ3v) is 4.81. The van der Waals surface area contributed by atoms with Crippen LogP contribution in [0.3, 0.4) is 0 Å². The standard InChI is InChI=1S/C14H15BrFN3/c15-13-8(7-17)1-4-12(14(13)16)19-11-5-9-2-3-10(6-11)18-9/h1,4,9-11,18-19H,2-3,5-6H2. The lowest BCUT2D eigenvalue weighted by atomic mass is 9.99. The first-order valence-electron chi connectivity index (χ1n) is 6.58. The van der Waals surface area contributed by atoms with Crippen molar-refractivity contribution in [1.82, 2.24) is 5.32 Å². The van der Waals surface area contributed by atoms with Crippen molar-refractivity contribution in [2.24, 2.45) is 0 Å². The number of nitriles is 1. The Kier molecular flexibility index (Phi) is 3.46. The molecule has 0 radical (unpaired) electrons. The number of hydrogen-bond acceptors (Lipinski definition) is 3. The second-order valence-corrected chi connectivity index (χ2v) is 6.14. The summed E-state index contributed by atoms with van der Waals surface area (Å²) < 4.78 is 14.4. The van der Waals surface area contributed by atoms with E-state index in [-0.39, 0.29) is 10.3 Å². The van der Waals surface area contributed by atoms with Crippen LogP contribution in [0.5, 0.6) is 0 Å². The quantitative estimate of drug-likeness (QED) is 0.878. The van der Waals surface area contributed by atoms with Crippen molar-refractivity contribution in [2.75, 3.05) is 5.32 Å². The number of rotatable bonds is 2. The average Bonchev–Trinajstić information content (AvgIpc) is 2.75. The Morgan fingerprint density at radius 1 is 1.32 bits per heavy atom. The minimum absolute atomic E-state index is 0.247. The first-order valence-corrected chi connectivity index (χ1v) is 7.37. The second-order valence-electron chi connectivity index (χ2n) is 5.35. The van der Waals surface area contributed by atoms with Gasteiger partial charge in [0, 0.05) is 18.1 Å². The van der Waals surface area contributed by atoms with Gasteiger partial charge in [-0.3, -0.25) is 0 Å². The molecule has 2 aliphatic heterocycles. The highest BCUT2D eigenvalue weighted by molar-refractivity contribution is 9.10. The third-order valence-electron chi connectivity index (χ3n) is 4.04. The molecule has 0 saturated carbocycles. The van der Waals surface area contributed by atoms with E-state index in [1.54, 1.807) is 12.1 Å². The first kappa shape index (κ1) is 12.9. The molecular formula is C14H15BrFN3. The maximum absolute atomic E-state index is 14.1. The van der Waals surface area contributed by atoms with Gasteiger partial charge in [0.1, 0.15) is 6.07 Å². The minimum Gasteiger partial charge on any atom is -0.380 e. The van der Waals surface area contributed by atoms with Gasteiger partial charge in [-0.25, -0.2) is 4.39 Å². The third kappa shape index (κ3) is 2.47. The minimum atomic E-state index is -0.370. The van der Waals surface area contributed by atoms with E-state index in [0.29, 0.717) is 29.4 Å². The molecule has 2 atom stereocenters. The van der Waals surface area contributed by atoms with E-state index in [1.807, 2.05) is 6.07 Å². The van der Waals surface area contributed by atoms with Crippen molar-refractivity contribution < 1.29 is 4.39 Å². The summed E-state index contributed by atoms with van der Waals surface area (Å²) in [6, 6.07) is 6.72. The number of fused-ring (bicyclic) bond motifs is 2. The van der Waals surface area contributed by atoms with Crippen molar-refractivity contribution in [3.05, 3.63) is 28.0 Å². The number of benzene rings is 1. The summed E-state index contributed by atoms with van der Waals surface area (Å²) in [5.41, 5.74) is 0.811. The van der Waals surface area contributed by atoms with Crippen molar-refractivity contribution in [2.45, 2.75) is 43.8 Å². The highest BCUT2D eigenvalue weighted by atomic mass is 79.9. The Labute approximate surface area is 120 Å². The molecule has 2 unspecified atom stereocenters. The summed E-state index contributed by atoms with van der Waals surface area (Å²) >= 11 is 3.14. The second kappa shape index (κ2) is 5.10. The predicted octanol–water partition coefficient (Wildman–Crippen LogP) is 3.15. The van der Waals surface area contributed by atoms with Crippen LogP contribution in [0.2, 0.25) is 0 Å². The highest BCUT2D eigenvalue weighted by Crippen LogP contribution is 2.31. The Morgan fingerprint density at radius 3 is 2.63 bits per heavy atom. The zero-order valence-electron chi connectivity index (χ0n) is 10.4. The van der Waals surface area contributed by atoms with Gasteiger partial charge in [-0.05, 0) is 53.7 Å². The topological polar surface area (TPSA) is 47.9 Å². The molecule has 3 rings (SSSR count). The van der Waals surface area contributed by atoms with Gasteiger partial charge in [0.15, 0.2) is 5.82 Å². The van der Waals surface area contributed by atoms with Crippen LogP contribution >= 0.6 is 15.9 Å². The fourth-order valence-corrected chi connectivity index (χ4v) is 3.58. The normalized spacial score (nSPS) is 29.0.